The van der Waals surface area contributed by atoms with Crippen LogP contribution in [0.15, 0.2) is 65.6 Å². The molecule has 0 saturated carbocycles. The number of aromatic nitrogens is 2. The Labute approximate surface area is 193 Å². The summed E-state index contributed by atoms with van der Waals surface area (Å²) in [6.45, 7) is 2.99. The Bertz CT molecular complexity index is 1290. The number of carbonyl (C=O) groups is 1. The van der Waals surface area contributed by atoms with Crippen LogP contribution in [0.1, 0.15) is 18.4 Å². The highest BCUT2D eigenvalue weighted by Gasteiger charge is 2.27. The minimum atomic E-state index is -3.84. The smallest absolute Gasteiger partial charge is 0.269 e. The van der Waals surface area contributed by atoms with Crippen molar-refractivity contribution >= 4 is 26.8 Å². The minimum absolute atomic E-state index is 0.0938. The molecule has 0 bridgehead atoms. The van der Waals surface area contributed by atoms with Crippen LogP contribution in [-0.2, 0) is 19.6 Å². The molecule has 1 aliphatic rings. The second kappa shape index (κ2) is 9.36. The van der Waals surface area contributed by atoms with Gasteiger partial charge in [-0.15, -0.1) is 0 Å². The van der Waals surface area contributed by atoms with Gasteiger partial charge in [-0.25, -0.2) is 17.4 Å². The molecule has 1 aliphatic heterocycles. The van der Waals surface area contributed by atoms with Crippen molar-refractivity contribution in [3.8, 4) is 5.75 Å². The van der Waals surface area contributed by atoms with E-state index in [1.165, 1.54) is 12.4 Å². The molecule has 0 unspecified atom stereocenters. The Morgan fingerprint density at radius 1 is 1.15 bits per heavy atom. The van der Waals surface area contributed by atoms with Crippen LogP contribution in [0.5, 0.6) is 5.75 Å². The number of fused-ring (bicyclic) bond motifs is 1. The molecular weight excluding hydrogens is 442 g/mol. The predicted octanol–water partition coefficient (Wildman–Crippen LogP) is 3.36. The van der Waals surface area contributed by atoms with Crippen molar-refractivity contribution in [2.75, 3.05) is 27.3 Å². The summed E-state index contributed by atoms with van der Waals surface area (Å²) in [6, 6.07) is 9.91. The van der Waals surface area contributed by atoms with E-state index in [9.17, 15) is 13.2 Å². The van der Waals surface area contributed by atoms with E-state index in [0.717, 1.165) is 9.54 Å². The number of Topliss-reactive ketones (excluding diaryl/α,β-unsaturated/α-hetero) is 1. The molecule has 1 fully saturated rings. The summed E-state index contributed by atoms with van der Waals surface area (Å²) in [6.07, 6.45) is 5.86. The van der Waals surface area contributed by atoms with Crippen molar-refractivity contribution in [3.05, 3.63) is 66.3 Å². The fourth-order valence-electron chi connectivity index (χ4n) is 3.75. The van der Waals surface area contributed by atoms with Crippen molar-refractivity contribution in [1.29, 1.82) is 0 Å². The number of benzene rings is 1. The predicted molar refractivity (Wildman–Crippen MR) is 124 cm³/mol. The zero-order chi connectivity index (χ0) is 23.6. The Morgan fingerprint density at radius 3 is 2.52 bits per heavy atom. The highest BCUT2D eigenvalue weighted by molar-refractivity contribution is 7.90. The quantitative estimate of drug-likeness (QED) is 0.387. The fourth-order valence-corrected chi connectivity index (χ4v) is 5.05. The molecule has 0 amide bonds. The number of hydrogen-bond acceptors (Lipinski definition) is 7. The number of aryl methyl sites for hydroxylation is 1. The number of nitrogens with zero attached hydrogens (tertiary/aromatic N) is 3. The number of pyridine rings is 1. The summed E-state index contributed by atoms with van der Waals surface area (Å²) in [5.74, 6) is 0.303. The monoisotopic (exact) mass is 469 g/mol. The molecule has 1 aromatic carbocycles. The second-order valence-corrected chi connectivity index (χ2v) is 10.1. The molecule has 1 saturated heterocycles. The van der Waals surface area contributed by atoms with Gasteiger partial charge in [0.1, 0.15) is 5.75 Å². The van der Waals surface area contributed by atoms with E-state index in [2.05, 4.69) is 4.98 Å². The first-order valence-electron chi connectivity index (χ1n) is 10.7. The third-order valence-electron chi connectivity index (χ3n) is 5.52. The van der Waals surface area contributed by atoms with Crippen molar-refractivity contribution in [2.24, 2.45) is 5.92 Å². The Balaban J connectivity index is 1.71. The molecule has 0 aliphatic carbocycles. The van der Waals surface area contributed by atoms with Gasteiger partial charge in [0, 0.05) is 51.8 Å². The van der Waals surface area contributed by atoms with Crippen LogP contribution in [0.4, 0.5) is 0 Å². The van der Waals surface area contributed by atoms with Crippen LogP contribution in [0, 0.1) is 12.8 Å². The first-order valence-corrected chi connectivity index (χ1v) is 12.2. The van der Waals surface area contributed by atoms with Gasteiger partial charge in [0.2, 0.25) is 5.78 Å². The average Bonchev–Trinajstić information content (AvgIpc) is 3.25. The molecule has 2 aromatic heterocycles. The van der Waals surface area contributed by atoms with Crippen LogP contribution in [0.25, 0.3) is 11.0 Å². The largest absolute Gasteiger partial charge is 0.451 e. The van der Waals surface area contributed by atoms with E-state index in [1.807, 2.05) is 21.0 Å². The number of carbonyl (C=O) groups excluding carboxylic acids is 1. The Hall–Kier alpha value is -3.17. The maximum atomic E-state index is 13.2. The zero-order valence-electron chi connectivity index (χ0n) is 18.9. The molecule has 3 aromatic rings. The van der Waals surface area contributed by atoms with Crippen LogP contribution >= 0.6 is 0 Å². The summed E-state index contributed by atoms with van der Waals surface area (Å²) >= 11 is 0. The van der Waals surface area contributed by atoms with E-state index in [0.29, 0.717) is 37.2 Å². The van der Waals surface area contributed by atoms with E-state index in [-0.39, 0.29) is 28.0 Å². The van der Waals surface area contributed by atoms with E-state index < -0.39 is 10.0 Å². The topological polar surface area (TPSA) is 90.7 Å². The van der Waals surface area contributed by atoms with Crippen molar-refractivity contribution in [2.45, 2.75) is 24.7 Å². The number of allylic oxidation sites excluding steroid dienone is 1. The maximum absolute atomic E-state index is 13.2. The molecule has 8 nitrogen and oxygen atoms in total. The maximum Gasteiger partial charge on any atom is 0.269 e. The lowest BCUT2D eigenvalue weighted by molar-refractivity contribution is -0.124. The molecule has 0 N–H and O–H groups in total. The van der Waals surface area contributed by atoms with Crippen LogP contribution in [-0.4, -0.2) is 55.4 Å². The molecule has 9 heteroatoms. The third kappa shape index (κ3) is 4.79. The summed E-state index contributed by atoms with van der Waals surface area (Å²) in [7, 11) is -0.216. The van der Waals surface area contributed by atoms with Crippen LogP contribution < -0.4 is 4.74 Å². The van der Waals surface area contributed by atoms with Gasteiger partial charge in [0.15, 0.2) is 11.4 Å². The fraction of sp³-hybridized carbons (Fsp3) is 0.333. The molecule has 0 radical (unpaired) electrons. The summed E-state index contributed by atoms with van der Waals surface area (Å²) < 4.78 is 39.0. The SMILES string of the molecule is Cc1ccc(S(=O)(=O)n2ccc3c(O/C(=C/N(C)C)C(=O)C4CCOCC4)ccnc32)cc1. The molecule has 33 heavy (non-hydrogen) atoms. The lowest BCUT2D eigenvalue weighted by Crippen LogP contribution is -2.27. The molecule has 0 atom stereocenters. The minimum Gasteiger partial charge on any atom is -0.451 e. The van der Waals surface area contributed by atoms with Gasteiger partial charge in [-0.2, -0.15) is 0 Å². The second-order valence-electron chi connectivity index (χ2n) is 8.29. The average molecular weight is 470 g/mol. The highest BCUT2D eigenvalue weighted by atomic mass is 32.2. The normalized spacial score (nSPS) is 15.5. The van der Waals surface area contributed by atoms with Crippen molar-refractivity contribution in [1.82, 2.24) is 13.9 Å². The molecule has 3 heterocycles. The number of ketones is 1. The van der Waals surface area contributed by atoms with Gasteiger partial charge in [0.05, 0.1) is 10.3 Å². The Morgan fingerprint density at radius 2 is 1.85 bits per heavy atom. The molecule has 0 spiro atoms. The summed E-state index contributed by atoms with van der Waals surface area (Å²) in [5.41, 5.74) is 1.20. The lowest BCUT2D eigenvalue weighted by Gasteiger charge is -2.22. The lowest BCUT2D eigenvalue weighted by atomic mass is 9.94. The first kappa shape index (κ1) is 23.0. The van der Waals surface area contributed by atoms with Crippen molar-refractivity contribution < 1.29 is 22.7 Å². The van der Waals surface area contributed by atoms with Gasteiger partial charge in [-0.1, -0.05) is 17.7 Å². The van der Waals surface area contributed by atoms with Gasteiger partial charge in [-0.05, 0) is 44.0 Å². The molecule has 174 valence electrons. The number of ether oxygens (including phenoxy) is 2. The number of hydrogen-bond donors (Lipinski definition) is 0. The number of rotatable bonds is 7. The summed E-state index contributed by atoms with van der Waals surface area (Å²) in [4.78, 5) is 19.4. The first-order chi connectivity index (χ1) is 15.8. The molecule has 4 rings (SSSR count). The van der Waals surface area contributed by atoms with Crippen LogP contribution in [0.2, 0.25) is 0 Å². The van der Waals surface area contributed by atoms with Gasteiger partial charge in [0.25, 0.3) is 10.0 Å². The van der Waals surface area contributed by atoms with E-state index >= 15 is 0 Å². The van der Waals surface area contributed by atoms with E-state index in [4.69, 9.17) is 9.47 Å². The summed E-state index contributed by atoms with van der Waals surface area (Å²) in [5, 5.41) is 0.498. The van der Waals surface area contributed by atoms with Gasteiger partial charge < -0.3 is 14.4 Å². The molecular formula is C24H27N3O5S. The zero-order valence-corrected chi connectivity index (χ0v) is 19.7. The van der Waals surface area contributed by atoms with E-state index in [1.54, 1.807) is 47.5 Å². The standard InChI is InChI=1S/C24H27N3O5S/c1-17-4-6-19(7-5-17)33(29,30)27-13-9-20-21(8-12-25-24(20)27)32-22(16-26(2)3)23(28)18-10-14-31-15-11-18/h4-9,12-13,16,18H,10-11,14-15H2,1-3H3/b22-16+. The van der Waals surface area contributed by atoms with Gasteiger partial charge >= 0.3 is 0 Å². The third-order valence-corrected chi connectivity index (χ3v) is 7.20. The highest BCUT2D eigenvalue weighted by Crippen LogP contribution is 2.30. The van der Waals surface area contributed by atoms with Gasteiger partial charge in [-0.3, -0.25) is 4.79 Å². The Kier molecular flexibility index (Phi) is 6.53. The van der Waals surface area contributed by atoms with Crippen LogP contribution in [0.3, 0.4) is 0 Å². The van der Waals surface area contributed by atoms with Crippen molar-refractivity contribution in [3.63, 3.8) is 0 Å².